The zero-order valence-electron chi connectivity index (χ0n) is 14.3. The molecule has 0 radical (unpaired) electrons. The van der Waals surface area contributed by atoms with Crippen molar-refractivity contribution in [1.29, 1.82) is 0 Å². The number of cyclic esters (lactones) is 1. The first-order chi connectivity index (χ1) is 11.1. The summed E-state index contributed by atoms with van der Waals surface area (Å²) >= 11 is 0. The van der Waals surface area contributed by atoms with E-state index in [9.17, 15) is 14.7 Å². The van der Waals surface area contributed by atoms with Crippen molar-refractivity contribution in [3.8, 4) is 0 Å². The number of hydrogen-bond donors (Lipinski definition) is 2. The van der Waals surface area contributed by atoms with Crippen LogP contribution in [0.15, 0.2) is 12.2 Å². The van der Waals surface area contributed by atoms with Crippen molar-refractivity contribution in [2.75, 3.05) is 6.61 Å². The summed E-state index contributed by atoms with van der Waals surface area (Å²) in [4.78, 5) is 23.0. The number of hydrogen-bond acceptors (Lipinski definition) is 4. The minimum atomic E-state index is -0.648. The monoisotopic (exact) mass is 325 g/mol. The van der Waals surface area contributed by atoms with Crippen molar-refractivity contribution < 1.29 is 19.4 Å². The zero-order valence-corrected chi connectivity index (χ0v) is 14.3. The van der Waals surface area contributed by atoms with Gasteiger partial charge < -0.3 is 15.2 Å². The van der Waals surface area contributed by atoms with Crippen molar-refractivity contribution in [3.05, 3.63) is 12.2 Å². The molecule has 132 valence electrons. The van der Waals surface area contributed by atoms with Crippen molar-refractivity contribution >= 4 is 11.9 Å². The van der Waals surface area contributed by atoms with Gasteiger partial charge in [-0.15, -0.1) is 0 Å². The zero-order chi connectivity index (χ0) is 16.9. The summed E-state index contributed by atoms with van der Waals surface area (Å²) < 4.78 is 4.78. The molecule has 5 nitrogen and oxygen atoms in total. The van der Waals surface area contributed by atoms with Crippen LogP contribution in [0.3, 0.4) is 0 Å². The van der Waals surface area contributed by atoms with E-state index >= 15 is 0 Å². The van der Waals surface area contributed by atoms with Crippen molar-refractivity contribution in [3.63, 3.8) is 0 Å². The third-order valence-electron chi connectivity index (χ3n) is 3.99. The maximum absolute atomic E-state index is 11.7. The average Bonchev–Trinajstić information content (AvgIpc) is 2.90. The number of nitrogens with one attached hydrogen (secondary N) is 1. The lowest BCUT2D eigenvalue weighted by Crippen LogP contribution is -2.39. The van der Waals surface area contributed by atoms with Crippen molar-refractivity contribution in [2.24, 2.45) is 0 Å². The Morgan fingerprint density at radius 2 is 2.04 bits per heavy atom. The largest absolute Gasteiger partial charge is 0.464 e. The summed E-state index contributed by atoms with van der Waals surface area (Å²) in [5, 5.41) is 12.5. The van der Waals surface area contributed by atoms with Gasteiger partial charge in [0.2, 0.25) is 5.91 Å². The van der Waals surface area contributed by atoms with E-state index in [1.165, 1.54) is 25.7 Å². The number of carbonyl (C=O) groups is 2. The highest BCUT2D eigenvalue weighted by Crippen LogP contribution is 2.09. The number of aliphatic hydroxyl groups excluding tert-OH is 1. The Hall–Kier alpha value is -1.36. The molecule has 1 aliphatic heterocycles. The van der Waals surface area contributed by atoms with Gasteiger partial charge in [-0.2, -0.15) is 0 Å². The van der Waals surface area contributed by atoms with E-state index < -0.39 is 12.1 Å². The Labute approximate surface area is 139 Å². The van der Waals surface area contributed by atoms with Crippen LogP contribution < -0.4 is 5.32 Å². The van der Waals surface area contributed by atoms with Crippen LogP contribution in [-0.4, -0.2) is 35.7 Å². The normalized spacial score (nSPS) is 19.0. The Morgan fingerprint density at radius 3 is 2.70 bits per heavy atom. The molecule has 5 heteroatoms. The highest BCUT2D eigenvalue weighted by atomic mass is 16.5. The summed E-state index contributed by atoms with van der Waals surface area (Å²) in [7, 11) is 0. The predicted molar refractivity (Wildman–Crippen MR) is 89.9 cm³/mol. The molecule has 1 fully saturated rings. The molecule has 0 bridgehead atoms. The number of aliphatic hydroxyl groups is 1. The second-order valence-corrected chi connectivity index (χ2v) is 6.19. The molecule has 0 unspecified atom stereocenters. The highest BCUT2D eigenvalue weighted by molar-refractivity contribution is 5.85. The lowest BCUT2D eigenvalue weighted by molar-refractivity contribution is -0.141. The number of ether oxygens (including phenoxy) is 1. The fourth-order valence-electron chi connectivity index (χ4n) is 2.59. The molecule has 0 aromatic rings. The standard InChI is InChI=1S/C18H31NO4/c1-2-3-4-5-6-7-8-9-10-11-15(20)14-17(21)19-16-12-13-23-18(16)22/h7-8,15-16,20H,2-6,9-14H2,1H3,(H,19,21)/b8-7-/t15-,16+/m1/s1. The molecule has 0 saturated carbocycles. The maximum atomic E-state index is 11.7. The molecule has 1 aliphatic rings. The predicted octanol–water partition coefficient (Wildman–Crippen LogP) is 2.87. The lowest BCUT2D eigenvalue weighted by Gasteiger charge is -2.12. The van der Waals surface area contributed by atoms with Gasteiger partial charge in [-0.1, -0.05) is 38.3 Å². The van der Waals surface area contributed by atoms with Gasteiger partial charge in [-0.3, -0.25) is 4.79 Å². The summed E-state index contributed by atoms with van der Waals surface area (Å²) in [5.74, 6) is -0.662. The topological polar surface area (TPSA) is 75.6 Å². The van der Waals surface area contributed by atoms with Gasteiger partial charge in [0.15, 0.2) is 0 Å². The smallest absolute Gasteiger partial charge is 0.328 e. The summed E-state index contributed by atoms with van der Waals surface area (Å²) in [6, 6.07) is -0.537. The molecule has 1 saturated heterocycles. The Morgan fingerprint density at radius 1 is 1.30 bits per heavy atom. The Bertz CT molecular complexity index is 381. The Kier molecular flexibility index (Phi) is 10.4. The van der Waals surface area contributed by atoms with Crippen LogP contribution >= 0.6 is 0 Å². The van der Waals surface area contributed by atoms with E-state index in [0.717, 1.165) is 19.3 Å². The maximum Gasteiger partial charge on any atom is 0.328 e. The SMILES string of the molecule is CCCCCC/C=C\CCC[C@@H](O)CC(=O)N[C@H]1CCOC1=O. The molecular formula is C18H31NO4. The van der Waals surface area contributed by atoms with Crippen molar-refractivity contribution in [1.82, 2.24) is 5.32 Å². The molecule has 1 amide bonds. The van der Waals surface area contributed by atoms with E-state index in [-0.39, 0.29) is 18.3 Å². The van der Waals surface area contributed by atoms with Crippen LogP contribution in [0.25, 0.3) is 0 Å². The quantitative estimate of drug-likeness (QED) is 0.329. The summed E-state index contributed by atoms with van der Waals surface area (Å²) in [6.45, 7) is 2.57. The molecule has 0 aromatic heterocycles. The third kappa shape index (κ3) is 9.39. The first-order valence-corrected chi connectivity index (χ1v) is 8.92. The van der Waals surface area contributed by atoms with Gasteiger partial charge in [-0.05, 0) is 32.1 Å². The number of esters is 1. The van der Waals surface area contributed by atoms with Gasteiger partial charge in [-0.25, -0.2) is 4.79 Å². The fourth-order valence-corrected chi connectivity index (χ4v) is 2.59. The van der Waals surface area contributed by atoms with Crippen LogP contribution in [0.4, 0.5) is 0 Å². The molecule has 2 N–H and O–H groups in total. The van der Waals surface area contributed by atoms with Gasteiger partial charge in [0.25, 0.3) is 0 Å². The van der Waals surface area contributed by atoms with E-state index in [4.69, 9.17) is 4.74 Å². The van der Waals surface area contributed by atoms with Crippen LogP contribution in [0.2, 0.25) is 0 Å². The van der Waals surface area contributed by atoms with Gasteiger partial charge in [0.1, 0.15) is 6.04 Å². The number of rotatable bonds is 12. The first-order valence-electron chi connectivity index (χ1n) is 8.92. The van der Waals surface area contributed by atoms with Crippen molar-refractivity contribution in [2.45, 2.75) is 83.3 Å². The molecule has 1 rings (SSSR count). The third-order valence-corrected chi connectivity index (χ3v) is 3.99. The molecule has 0 aromatic carbocycles. The minimum absolute atomic E-state index is 0.0461. The van der Waals surface area contributed by atoms with E-state index in [0.29, 0.717) is 19.4 Å². The number of carbonyl (C=O) groups excluding carboxylic acids is 2. The van der Waals surface area contributed by atoms with Gasteiger partial charge in [0.05, 0.1) is 19.1 Å². The first kappa shape index (κ1) is 19.7. The van der Waals surface area contributed by atoms with Crippen LogP contribution in [0.5, 0.6) is 0 Å². The molecule has 0 aliphatic carbocycles. The number of amides is 1. The van der Waals surface area contributed by atoms with Crippen LogP contribution in [-0.2, 0) is 14.3 Å². The summed E-state index contributed by atoms with van der Waals surface area (Å²) in [5.41, 5.74) is 0. The Balaban J connectivity index is 2.01. The van der Waals surface area contributed by atoms with E-state index in [1.807, 2.05) is 0 Å². The second kappa shape index (κ2) is 12.1. The van der Waals surface area contributed by atoms with Crippen LogP contribution in [0, 0.1) is 0 Å². The molecule has 2 atom stereocenters. The van der Waals surface area contributed by atoms with Gasteiger partial charge >= 0.3 is 5.97 Å². The fraction of sp³-hybridized carbons (Fsp3) is 0.778. The minimum Gasteiger partial charge on any atom is -0.464 e. The average molecular weight is 325 g/mol. The second-order valence-electron chi connectivity index (χ2n) is 6.19. The number of unbranched alkanes of at least 4 members (excludes halogenated alkanes) is 5. The van der Waals surface area contributed by atoms with E-state index in [2.05, 4.69) is 24.4 Å². The molecule has 1 heterocycles. The lowest BCUT2D eigenvalue weighted by atomic mass is 10.1. The van der Waals surface area contributed by atoms with E-state index in [1.54, 1.807) is 0 Å². The number of allylic oxidation sites excluding steroid dienone is 2. The summed E-state index contributed by atoms with van der Waals surface area (Å²) in [6.07, 6.45) is 12.9. The molecule has 0 spiro atoms. The van der Waals surface area contributed by atoms with Crippen LogP contribution in [0.1, 0.15) is 71.1 Å². The molecular weight excluding hydrogens is 294 g/mol. The highest BCUT2D eigenvalue weighted by Gasteiger charge is 2.28. The van der Waals surface area contributed by atoms with Gasteiger partial charge in [0, 0.05) is 6.42 Å². The molecule has 23 heavy (non-hydrogen) atoms.